The Bertz CT molecular complexity index is 824. The van der Waals surface area contributed by atoms with E-state index in [1.165, 1.54) is 28.8 Å². The molecule has 20 heavy (non-hydrogen) atoms. The predicted octanol–water partition coefficient (Wildman–Crippen LogP) is 3.95. The molecule has 0 atom stereocenters. The smallest absolute Gasteiger partial charge is 0.268 e. The maximum absolute atomic E-state index is 11.8. The van der Waals surface area contributed by atoms with Gasteiger partial charge in [-0.3, -0.25) is 4.79 Å². The maximum atomic E-state index is 11.8. The molecule has 0 fully saturated rings. The summed E-state index contributed by atoms with van der Waals surface area (Å²) in [6, 6.07) is 10.4. The number of rotatable bonds is 1. The number of nitrogens with zero attached hydrogens (tertiary/aromatic N) is 1. The highest BCUT2D eigenvalue weighted by Gasteiger charge is 2.19. The van der Waals surface area contributed by atoms with E-state index in [0.29, 0.717) is 4.70 Å². The molecule has 0 unspecified atom stereocenters. The summed E-state index contributed by atoms with van der Waals surface area (Å²) in [7, 11) is 0. The molecule has 0 spiro atoms. The van der Waals surface area contributed by atoms with E-state index < -0.39 is 0 Å². The van der Waals surface area contributed by atoms with Crippen LogP contribution in [0, 0.1) is 0 Å². The van der Waals surface area contributed by atoms with Crippen LogP contribution in [0.4, 0.5) is 0 Å². The lowest BCUT2D eigenvalue weighted by Crippen LogP contribution is -2.12. The number of aromatic nitrogens is 2. The number of H-pyrrole nitrogens is 1. The molecule has 3 aromatic rings. The minimum atomic E-state index is -0.0699. The van der Waals surface area contributed by atoms with Crippen LogP contribution in [-0.4, -0.2) is 9.97 Å². The standard InChI is InChI=1S/C16H16N2OS/c1-16(2,3)11-7-5-4-6-10(11)13-8-12-14(20-13)15(19)18-9-17-12/h4-9H,1-3H3,(H,17,18,19). The second kappa shape index (κ2) is 4.56. The monoisotopic (exact) mass is 284 g/mol. The maximum Gasteiger partial charge on any atom is 0.268 e. The van der Waals surface area contributed by atoms with Gasteiger partial charge in [0.15, 0.2) is 0 Å². The molecular weight excluding hydrogens is 268 g/mol. The minimum Gasteiger partial charge on any atom is -0.312 e. The zero-order chi connectivity index (χ0) is 14.3. The van der Waals surface area contributed by atoms with Gasteiger partial charge in [-0.05, 0) is 22.6 Å². The molecule has 0 aliphatic carbocycles. The average molecular weight is 284 g/mol. The van der Waals surface area contributed by atoms with E-state index in [9.17, 15) is 4.79 Å². The highest BCUT2D eigenvalue weighted by Crippen LogP contribution is 2.37. The van der Waals surface area contributed by atoms with Crippen LogP contribution >= 0.6 is 11.3 Å². The molecule has 0 radical (unpaired) electrons. The molecule has 0 saturated carbocycles. The quantitative estimate of drug-likeness (QED) is 0.735. The van der Waals surface area contributed by atoms with Gasteiger partial charge in [0.05, 0.1) is 11.8 Å². The molecular formula is C16H16N2OS. The Hall–Kier alpha value is -1.94. The highest BCUT2D eigenvalue weighted by atomic mass is 32.1. The Labute approximate surface area is 121 Å². The molecule has 4 heteroatoms. The first-order valence-electron chi connectivity index (χ1n) is 6.54. The van der Waals surface area contributed by atoms with Gasteiger partial charge in [0.25, 0.3) is 5.56 Å². The number of hydrogen-bond acceptors (Lipinski definition) is 3. The van der Waals surface area contributed by atoms with Gasteiger partial charge in [-0.25, -0.2) is 4.98 Å². The number of benzene rings is 1. The first kappa shape index (κ1) is 13.1. The summed E-state index contributed by atoms with van der Waals surface area (Å²) in [5.41, 5.74) is 3.22. The predicted molar refractivity (Wildman–Crippen MR) is 84.4 cm³/mol. The van der Waals surface area contributed by atoms with E-state index in [-0.39, 0.29) is 11.0 Å². The average Bonchev–Trinajstić information content (AvgIpc) is 2.83. The van der Waals surface area contributed by atoms with Crippen molar-refractivity contribution in [2.45, 2.75) is 26.2 Å². The fourth-order valence-electron chi connectivity index (χ4n) is 2.35. The molecule has 0 amide bonds. The van der Waals surface area contributed by atoms with Gasteiger partial charge >= 0.3 is 0 Å². The van der Waals surface area contributed by atoms with Crippen molar-refractivity contribution < 1.29 is 0 Å². The molecule has 0 aliphatic rings. The summed E-state index contributed by atoms with van der Waals surface area (Å²) in [5, 5.41) is 0. The van der Waals surface area contributed by atoms with E-state index >= 15 is 0 Å². The summed E-state index contributed by atoms with van der Waals surface area (Å²) in [4.78, 5) is 19.8. The number of fused-ring (bicyclic) bond motifs is 1. The topological polar surface area (TPSA) is 45.8 Å². The molecule has 2 heterocycles. The number of aromatic amines is 1. The van der Waals surface area contributed by atoms with Gasteiger partial charge in [0.1, 0.15) is 4.70 Å². The second-order valence-electron chi connectivity index (χ2n) is 5.85. The SMILES string of the molecule is CC(C)(C)c1ccccc1-c1cc2nc[nH]c(=O)c2s1. The van der Waals surface area contributed by atoms with Crippen molar-refractivity contribution in [3.05, 3.63) is 52.6 Å². The fourth-order valence-corrected chi connectivity index (χ4v) is 3.40. The van der Waals surface area contributed by atoms with Crippen LogP contribution in [0.3, 0.4) is 0 Å². The van der Waals surface area contributed by atoms with Gasteiger partial charge in [-0.15, -0.1) is 11.3 Å². The summed E-state index contributed by atoms with van der Waals surface area (Å²) in [6.07, 6.45) is 1.46. The van der Waals surface area contributed by atoms with Gasteiger partial charge in [-0.2, -0.15) is 0 Å². The molecule has 0 bridgehead atoms. The molecule has 2 aromatic heterocycles. The third kappa shape index (κ3) is 2.16. The Kier molecular flexibility index (Phi) is 2.98. The lowest BCUT2D eigenvalue weighted by Gasteiger charge is -2.22. The lowest BCUT2D eigenvalue weighted by atomic mass is 9.83. The Balaban J connectivity index is 2.27. The first-order chi connectivity index (χ1) is 9.47. The van der Waals surface area contributed by atoms with E-state index in [0.717, 1.165) is 10.4 Å². The lowest BCUT2D eigenvalue weighted by molar-refractivity contribution is 0.592. The van der Waals surface area contributed by atoms with Crippen molar-refractivity contribution in [3.8, 4) is 10.4 Å². The van der Waals surface area contributed by atoms with Crippen molar-refractivity contribution in [2.24, 2.45) is 0 Å². The van der Waals surface area contributed by atoms with Crippen LogP contribution in [0.5, 0.6) is 0 Å². The van der Waals surface area contributed by atoms with Crippen molar-refractivity contribution in [1.29, 1.82) is 0 Å². The molecule has 0 saturated heterocycles. The van der Waals surface area contributed by atoms with Gasteiger partial charge in [0.2, 0.25) is 0 Å². The van der Waals surface area contributed by atoms with E-state index in [2.05, 4.69) is 48.9 Å². The van der Waals surface area contributed by atoms with Crippen molar-refractivity contribution in [2.75, 3.05) is 0 Å². The van der Waals surface area contributed by atoms with Crippen LogP contribution in [0.2, 0.25) is 0 Å². The van der Waals surface area contributed by atoms with Crippen LogP contribution in [0.25, 0.3) is 20.7 Å². The number of thiophene rings is 1. The third-order valence-electron chi connectivity index (χ3n) is 3.32. The molecule has 102 valence electrons. The zero-order valence-corrected chi connectivity index (χ0v) is 12.5. The van der Waals surface area contributed by atoms with Crippen LogP contribution in [0.15, 0.2) is 41.5 Å². The Morgan fingerprint density at radius 1 is 1.20 bits per heavy atom. The summed E-state index contributed by atoms with van der Waals surface area (Å²) in [6.45, 7) is 6.60. The van der Waals surface area contributed by atoms with Crippen molar-refractivity contribution >= 4 is 21.6 Å². The molecule has 0 aliphatic heterocycles. The molecule has 3 nitrogen and oxygen atoms in total. The highest BCUT2D eigenvalue weighted by molar-refractivity contribution is 7.22. The molecule has 1 N–H and O–H groups in total. The minimum absolute atomic E-state index is 0.0621. The number of hydrogen-bond donors (Lipinski definition) is 1. The van der Waals surface area contributed by atoms with Crippen molar-refractivity contribution in [1.82, 2.24) is 9.97 Å². The van der Waals surface area contributed by atoms with E-state index in [1.807, 2.05) is 12.1 Å². The zero-order valence-electron chi connectivity index (χ0n) is 11.7. The summed E-state index contributed by atoms with van der Waals surface area (Å²) >= 11 is 1.50. The van der Waals surface area contributed by atoms with Gasteiger partial charge < -0.3 is 4.98 Å². The summed E-state index contributed by atoms with van der Waals surface area (Å²) < 4.78 is 0.686. The third-order valence-corrected chi connectivity index (χ3v) is 4.47. The molecule has 1 aromatic carbocycles. The molecule has 3 rings (SSSR count). The first-order valence-corrected chi connectivity index (χ1v) is 7.35. The Morgan fingerprint density at radius 2 is 1.95 bits per heavy atom. The van der Waals surface area contributed by atoms with E-state index in [1.54, 1.807) is 0 Å². The van der Waals surface area contributed by atoms with Crippen LogP contribution in [0.1, 0.15) is 26.3 Å². The van der Waals surface area contributed by atoms with Gasteiger partial charge in [-0.1, -0.05) is 45.0 Å². The Morgan fingerprint density at radius 3 is 2.65 bits per heavy atom. The normalized spacial score (nSPS) is 11.9. The van der Waals surface area contributed by atoms with E-state index in [4.69, 9.17) is 0 Å². The van der Waals surface area contributed by atoms with Crippen molar-refractivity contribution in [3.63, 3.8) is 0 Å². The second-order valence-corrected chi connectivity index (χ2v) is 6.90. The van der Waals surface area contributed by atoms with Crippen LogP contribution < -0.4 is 5.56 Å². The number of nitrogens with one attached hydrogen (secondary N) is 1. The largest absolute Gasteiger partial charge is 0.312 e. The van der Waals surface area contributed by atoms with Gasteiger partial charge in [0, 0.05) is 4.88 Å². The van der Waals surface area contributed by atoms with Crippen LogP contribution in [-0.2, 0) is 5.41 Å². The fraction of sp³-hybridized carbons (Fsp3) is 0.250. The summed E-state index contributed by atoms with van der Waals surface area (Å²) in [5.74, 6) is 0.